The average Bonchev–Trinajstić information content (AvgIpc) is 3.08. The highest BCUT2D eigenvalue weighted by atomic mass is 16.2. The van der Waals surface area contributed by atoms with Crippen molar-refractivity contribution in [3.8, 4) is 0 Å². The third-order valence-corrected chi connectivity index (χ3v) is 5.25. The Morgan fingerprint density at radius 2 is 2.04 bits per heavy atom. The van der Waals surface area contributed by atoms with Crippen molar-refractivity contribution in [1.29, 1.82) is 0 Å². The summed E-state index contributed by atoms with van der Waals surface area (Å²) in [4.78, 5) is 15.0. The molecule has 1 aromatic heterocycles. The molecular weight excluding hydrogens is 338 g/mol. The Hall–Kier alpha value is -2.18. The lowest BCUT2D eigenvalue weighted by molar-refractivity contribution is -0.123. The van der Waals surface area contributed by atoms with Crippen LogP contribution in [0.4, 0.5) is 0 Å². The van der Waals surface area contributed by atoms with E-state index in [0.717, 1.165) is 23.6 Å². The summed E-state index contributed by atoms with van der Waals surface area (Å²) in [5.74, 6) is 0.755. The Bertz CT molecular complexity index is 739. The van der Waals surface area contributed by atoms with Crippen LogP contribution in [0.2, 0.25) is 0 Å². The first-order valence-corrected chi connectivity index (χ1v) is 9.79. The van der Waals surface area contributed by atoms with Crippen molar-refractivity contribution < 1.29 is 4.79 Å². The molecule has 1 fully saturated rings. The van der Waals surface area contributed by atoms with Crippen molar-refractivity contribution in [3.05, 3.63) is 53.3 Å². The lowest BCUT2D eigenvalue weighted by atomic mass is 9.99. The number of rotatable bonds is 7. The molecule has 1 aromatic carbocycles. The van der Waals surface area contributed by atoms with E-state index in [1.54, 1.807) is 17.9 Å². The van der Waals surface area contributed by atoms with Crippen molar-refractivity contribution in [1.82, 2.24) is 25.3 Å². The number of likely N-dealkylation sites (tertiary alicyclic amines) is 1. The summed E-state index contributed by atoms with van der Waals surface area (Å²) < 4.78 is 1.70. The first kappa shape index (κ1) is 19.6. The van der Waals surface area contributed by atoms with Crippen LogP contribution in [0.25, 0.3) is 0 Å². The number of aryl methyl sites for hydroxylation is 1. The van der Waals surface area contributed by atoms with Gasteiger partial charge in [0.25, 0.3) is 0 Å². The van der Waals surface area contributed by atoms with E-state index in [1.807, 2.05) is 13.2 Å². The maximum absolute atomic E-state index is 12.5. The van der Waals surface area contributed by atoms with Gasteiger partial charge in [-0.05, 0) is 43.5 Å². The van der Waals surface area contributed by atoms with E-state index >= 15 is 0 Å². The van der Waals surface area contributed by atoms with E-state index < -0.39 is 0 Å². The minimum atomic E-state index is -0.390. The smallest absolute Gasteiger partial charge is 0.242 e. The zero-order valence-electron chi connectivity index (χ0n) is 16.6. The maximum Gasteiger partial charge on any atom is 0.242 e. The number of hydrogen-bond donors (Lipinski definition) is 2. The standard InChI is InChI=1S/C21H31N5O/c1-16-5-4-10-26(13-16)14-18-8-6-17(7-9-18)11-23-21(27)20(22-2)19-12-24-25(3)15-19/h6-9,12,15-16,20,22H,4-5,10-11,13-14H2,1-3H3,(H,23,27). The summed E-state index contributed by atoms with van der Waals surface area (Å²) in [6.07, 6.45) is 6.23. The number of carbonyl (C=O) groups excluding carboxylic acids is 1. The molecule has 2 heterocycles. The molecule has 1 aliphatic rings. The van der Waals surface area contributed by atoms with Gasteiger partial charge in [-0.15, -0.1) is 0 Å². The molecule has 27 heavy (non-hydrogen) atoms. The summed E-state index contributed by atoms with van der Waals surface area (Å²) in [5.41, 5.74) is 3.31. The predicted octanol–water partition coefficient (Wildman–Crippen LogP) is 2.23. The second kappa shape index (κ2) is 9.15. The number of hydrogen-bond acceptors (Lipinski definition) is 4. The molecule has 1 aliphatic heterocycles. The van der Waals surface area contributed by atoms with Gasteiger partial charge in [-0.1, -0.05) is 31.2 Å². The molecule has 6 heteroatoms. The number of amides is 1. The van der Waals surface area contributed by atoms with Gasteiger partial charge in [0.15, 0.2) is 0 Å². The van der Waals surface area contributed by atoms with Crippen LogP contribution in [0.5, 0.6) is 0 Å². The fraction of sp³-hybridized carbons (Fsp3) is 0.524. The van der Waals surface area contributed by atoms with Gasteiger partial charge in [0.2, 0.25) is 5.91 Å². The van der Waals surface area contributed by atoms with Gasteiger partial charge in [0.1, 0.15) is 6.04 Å². The second-order valence-electron chi connectivity index (χ2n) is 7.69. The highest BCUT2D eigenvalue weighted by molar-refractivity contribution is 5.83. The maximum atomic E-state index is 12.5. The summed E-state index contributed by atoms with van der Waals surface area (Å²) in [6, 6.07) is 8.19. The number of nitrogens with zero attached hydrogens (tertiary/aromatic N) is 3. The number of aromatic nitrogens is 2. The first-order valence-electron chi connectivity index (χ1n) is 9.79. The van der Waals surface area contributed by atoms with Crippen LogP contribution in [0.1, 0.15) is 42.5 Å². The van der Waals surface area contributed by atoms with Gasteiger partial charge >= 0.3 is 0 Å². The molecule has 0 saturated carbocycles. The highest BCUT2D eigenvalue weighted by Gasteiger charge is 2.20. The third kappa shape index (κ3) is 5.40. The van der Waals surface area contributed by atoms with E-state index in [2.05, 4.69) is 51.8 Å². The van der Waals surface area contributed by atoms with Crippen LogP contribution < -0.4 is 10.6 Å². The molecule has 2 N–H and O–H groups in total. The predicted molar refractivity (Wildman–Crippen MR) is 107 cm³/mol. The van der Waals surface area contributed by atoms with Gasteiger partial charge in [-0.3, -0.25) is 14.4 Å². The Labute approximate surface area is 161 Å². The SMILES string of the molecule is CNC(C(=O)NCc1ccc(CN2CCCC(C)C2)cc1)c1cnn(C)c1. The van der Waals surface area contributed by atoms with Crippen LogP contribution in [-0.2, 0) is 24.9 Å². The minimum Gasteiger partial charge on any atom is -0.350 e. The van der Waals surface area contributed by atoms with E-state index in [4.69, 9.17) is 0 Å². The summed E-state index contributed by atoms with van der Waals surface area (Å²) in [6.45, 7) is 6.26. The molecule has 2 atom stereocenters. The Kier molecular flexibility index (Phi) is 6.63. The monoisotopic (exact) mass is 369 g/mol. The zero-order valence-corrected chi connectivity index (χ0v) is 16.6. The van der Waals surface area contributed by atoms with Gasteiger partial charge in [-0.25, -0.2) is 0 Å². The van der Waals surface area contributed by atoms with Crippen molar-refractivity contribution in [2.75, 3.05) is 20.1 Å². The van der Waals surface area contributed by atoms with Gasteiger partial charge in [-0.2, -0.15) is 5.10 Å². The molecule has 0 bridgehead atoms. The van der Waals surface area contributed by atoms with Gasteiger partial charge < -0.3 is 10.6 Å². The molecule has 0 spiro atoms. The second-order valence-corrected chi connectivity index (χ2v) is 7.69. The molecule has 1 saturated heterocycles. The van der Waals surface area contributed by atoms with Crippen molar-refractivity contribution in [3.63, 3.8) is 0 Å². The molecular formula is C21H31N5O. The average molecular weight is 370 g/mol. The lowest BCUT2D eigenvalue weighted by Gasteiger charge is -2.30. The minimum absolute atomic E-state index is 0.0446. The Morgan fingerprint density at radius 1 is 1.30 bits per heavy atom. The fourth-order valence-electron chi connectivity index (χ4n) is 3.78. The summed E-state index contributed by atoms with van der Waals surface area (Å²) in [5, 5.41) is 10.2. The van der Waals surface area contributed by atoms with Crippen LogP contribution in [-0.4, -0.2) is 40.7 Å². The number of nitrogens with one attached hydrogen (secondary N) is 2. The van der Waals surface area contributed by atoms with E-state index in [-0.39, 0.29) is 11.9 Å². The van der Waals surface area contributed by atoms with Crippen LogP contribution in [0.15, 0.2) is 36.7 Å². The quantitative estimate of drug-likeness (QED) is 0.786. The molecule has 0 aliphatic carbocycles. The summed E-state index contributed by atoms with van der Waals surface area (Å²) in [7, 11) is 3.63. The molecule has 6 nitrogen and oxygen atoms in total. The molecule has 2 unspecified atom stereocenters. The van der Waals surface area contributed by atoms with Crippen molar-refractivity contribution in [2.24, 2.45) is 13.0 Å². The molecule has 0 radical (unpaired) electrons. The number of benzene rings is 1. The van der Waals surface area contributed by atoms with Crippen molar-refractivity contribution >= 4 is 5.91 Å². The molecule has 1 amide bonds. The lowest BCUT2D eigenvalue weighted by Crippen LogP contribution is -2.35. The van der Waals surface area contributed by atoms with Crippen LogP contribution in [0.3, 0.4) is 0 Å². The number of piperidine rings is 1. The molecule has 2 aromatic rings. The topological polar surface area (TPSA) is 62.2 Å². The normalized spacial score (nSPS) is 19.0. The Balaban J connectivity index is 1.51. The number of carbonyl (C=O) groups is 1. The van der Waals surface area contributed by atoms with E-state index in [9.17, 15) is 4.79 Å². The van der Waals surface area contributed by atoms with Gasteiger partial charge in [0.05, 0.1) is 6.20 Å². The summed E-state index contributed by atoms with van der Waals surface area (Å²) >= 11 is 0. The largest absolute Gasteiger partial charge is 0.350 e. The van der Waals surface area contributed by atoms with Crippen LogP contribution >= 0.6 is 0 Å². The zero-order chi connectivity index (χ0) is 19.2. The van der Waals surface area contributed by atoms with E-state index in [1.165, 1.54) is 31.5 Å². The first-order chi connectivity index (χ1) is 13.0. The van der Waals surface area contributed by atoms with Crippen LogP contribution in [0, 0.1) is 5.92 Å². The van der Waals surface area contributed by atoms with E-state index in [0.29, 0.717) is 6.54 Å². The molecule has 146 valence electrons. The Morgan fingerprint density at radius 3 is 2.67 bits per heavy atom. The molecule has 3 rings (SSSR count). The highest BCUT2D eigenvalue weighted by Crippen LogP contribution is 2.18. The fourth-order valence-corrected chi connectivity index (χ4v) is 3.78. The van der Waals surface area contributed by atoms with Gasteiger partial charge in [0, 0.05) is 38.4 Å². The number of likely N-dealkylation sites (N-methyl/N-ethyl adjacent to an activating group) is 1. The third-order valence-electron chi connectivity index (χ3n) is 5.25. The van der Waals surface area contributed by atoms with Crippen molar-refractivity contribution in [2.45, 2.75) is 38.9 Å².